The summed E-state index contributed by atoms with van der Waals surface area (Å²) in [6.07, 6.45) is -0.445. The van der Waals surface area contributed by atoms with E-state index in [1.165, 1.54) is 12.1 Å². The van der Waals surface area contributed by atoms with E-state index in [9.17, 15) is 15.2 Å². The van der Waals surface area contributed by atoms with E-state index >= 15 is 0 Å². The van der Waals surface area contributed by atoms with E-state index in [0.29, 0.717) is 0 Å². The van der Waals surface area contributed by atoms with Crippen molar-refractivity contribution in [3.8, 4) is 0 Å². The number of rotatable bonds is 2. The Morgan fingerprint density at radius 2 is 1.79 bits per heavy atom. The van der Waals surface area contributed by atoms with Crippen LogP contribution in [0.5, 0.6) is 0 Å². The Bertz CT molecular complexity index is 434. The maximum absolute atomic E-state index is 10.5. The summed E-state index contributed by atoms with van der Waals surface area (Å²) in [4.78, 5) is 10.1. The minimum Gasteiger partial charge on any atom is -0.390 e. The van der Waals surface area contributed by atoms with Crippen LogP contribution in [0.2, 0.25) is 0 Å². The summed E-state index contributed by atoms with van der Waals surface area (Å²) >= 11 is 0. The van der Waals surface area contributed by atoms with Gasteiger partial charge in [0.25, 0.3) is 5.69 Å². The van der Waals surface area contributed by atoms with Crippen molar-refractivity contribution in [2.75, 3.05) is 0 Å². The highest BCUT2D eigenvalue weighted by Crippen LogP contribution is 2.57. The first-order chi connectivity index (χ1) is 8.92. The molecule has 2 unspecified atom stereocenters. The Morgan fingerprint density at radius 3 is 2.16 bits per heavy atom. The molecule has 1 aromatic rings. The second kappa shape index (κ2) is 6.63. The molecule has 0 aromatic heterocycles. The second-order valence-corrected chi connectivity index (χ2v) is 7.49. The molecule has 0 spiro atoms. The molecule has 0 radical (unpaired) electrons. The molecular weight excluding hydrogens is 282 g/mol. The number of nitrogens with zero attached hydrogens (tertiary/aromatic N) is 1. The average Bonchev–Trinajstić information content (AvgIpc) is 2.67. The molecule has 1 heterocycles. The van der Waals surface area contributed by atoms with E-state index in [-0.39, 0.29) is 15.7 Å². The lowest BCUT2D eigenvalue weighted by atomic mass is 9.97. The molecule has 0 aliphatic carbocycles. The number of hydrogen-bond acceptors (Lipinski definition) is 5. The van der Waals surface area contributed by atoms with Gasteiger partial charge < -0.3 is 5.11 Å². The highest BCUT2D eigenvalue weighted by atomic mass is 33.1. The molecule has 0 amide bonds. The van der Waals surface area contributed by atoms with Crippen LogP contribution in [0.1, 0.15) is 38.5 Å². The fourth-order valence-electron chi connectivity index (χ4n) is 1.67. The summed E-state index contributed by atoms with van der Waals surface area (Å²) in [6.45, 7) is 8.00. The topological polar surface area (TPSA) is 63.4 Å². The van der Waals surface area contributed by atoms with E-state index < -0.39 is 11.0 Å². The predicted molar refractivity (Wildman–Crippen MR) is 82.5 cm³/mol. The van der Waals surface area contributed by atoms with Crippen molar-refractivity contribution in [2.24, 2.45) is 0 Å². The molecule has 1 saturated heterocycles. The van der Waals surface area contributed by atoms with Crippen molar-refractivity contribution in [2.45, 2.75) is 43.8 Å². The predicted octanol–water partition coefficient (Wildman–Crippen LogP) is 4.20. The molecular formula is C13H19NO3S2. The molecule has 2 rings (SSSR count). The SMILES string of the molecule is CC.CC1(C)SSC(c2ccc([N+](=O)[O-])cc2)C1O. The summed E-state index contributed by atoms with van der Waals surface area (Å²) in [5.41, 5.74) is 1.02. The lowest BCUT2D eigenvalue weighted by Gasteiger charge is -2.22. The summed E-state index contributed by atoms with van der Waals surface area (Å²) in [5.74, 6) is 0. The zero-order valence-corrected chi connectivity index (χ0v) is 13.1. The van der Waals surface area contributed by atoms with Crippen LogP contribution in [0.25, 0.3) is 0 Å². The largest absolute Gasteiger partial charge is 0.390 e. The van der Waals surface area contributed by atoms with Crippen LogP contribution in [0, 0.1) is 10.1 Å². The van der Waals surface area contributed by atoms with Gasteiger partial charge in [0.05, 0.1) is 16.3 Å². The number of hydrogen-bond donors (Lipinski definition) is 1. The molecule has 6 heteroatoms. The zero-order chi connectivity index (χ0) is 14.6. The molecule has 1 N–H and O–H groups in total. The Kier molecular flexibility index (Phi) is 5.70. The fourth-order valence-corrected chi connectivity index (χ4v) is 5.05. The molecule has 2 atom stereocenters. The average molecular weight is 301 g/mol. The molecule has 0 bridgehead atoms. The van der Waals surface area contributed by atoms with Gasteiger partial charge in [0, 0.05) is 16.9 Å². The summed E-state index contributed by atoms with van der Waals surface area (Å²) < 4.78 is -0.183. The first kappa shape index (κ1) is 16.3. The molecule has 1 aliphatic rings. The normalized spacial score (nSPS) is 24.5. The van der Waals surface area contributed by atoms with E-state index in [1.807, 2.05) is 27.7 Å². The number of aliphatic hydroxyl groups is 1. The molecule has 1 aromatic carbocycles. The van der Waals surface area contributed by atoms with Gasteiger partial charge in [-0.15, -0.1) is 0 Å². The Labute approximate surface area is 121 Å². The van der Waals surface area contributed by atoms with Crippen LogP contribution in [0.4, 0.5) is 5.69 Å². The van der Waals surface area contributed by atoms with Gasteiger partial charge in [-0.3, -0.25) is 10.1 Å². The highest BCUT2D eigenvalue weighted by Gasteiger charge is 2.43. The monoisotopic (exact) mass is 301 g/mol. The van der Waals surface area contributed by atoms with Crippen LogP contribution in [-0.2, 0) is 0 Å². The van der Waals surface area contributed by atoms with Crippen molar-refractivity contribution in [1.29, 1.82) is 0 Å². The number of benzene rings is 1. The summed E-state index contributed by atoms with van der Waals surface area (Å²) in [5, 5.41) is 20.7. The Hall–Kier alpha value is -0.720. The van der Waals surface area contributed by atoms with Crippen LogP contribution in [0.15, 0.2) is 24.3 Å². The standard InChI is InChI=1S/C11H13NO3S2.C2H6/c1-11(2)10(13)9(16-17-11)7-3-5-8(6-4-7)12(14)15;1-2/h3-6,9-10,13H,1-2H3;1-2H3. The number of nitro groups is 1. The van der Waals surface area contributed by atoms with Crippen LogP contribution >= 0.6 is 21.6 Å². The van der Waals surface area contributed by atoms with Crippen molar-refractivity contribution < 1.29 is 10.0 Å². The zero-order valence-electron chi connectivity index (χ0n) is 11.5. The third kappa shape index (κ3) is 3.64. The maximum atomic E-state index is 10.5. The van der Waals surface area contributed by atoms with E-state index in [4.69, 9.17) is 0 Å². The van der Waals surface area contributed by atoms with Crippen LogP contribution in [0.3, 0.4) is 0 Å². The van der Waals surface area contributed by atoms with Crippen molar-refractivity contribution in [1.82, 2.24) is 0 Å². The van der Waals surface area contributed by atoms with E-state index in [2.05, 4.69) is 0 Å². The van der Waals surface area contributed by atoms with E-state index in [1.54, 1.807) is 33.7 Å². The van der Waals surface area contributed by atoms with Gasteiger partial charge >= 0.3 is 0 Å². The first-order valence-electron chi connectivity index (χ1n) is 6.19. The first-order valence-corrected chi connectivity index (χ1v) is 8.40. The fraction of sp³-hybridized carbons (Fsp3) is 0.538. The summed E-state index contributed by atoms with van der Waals surface area (Å²) in [6, 6.07) is 6.42. The molecule has 4 nitrogen and oxygen atoms in total. The lowest BCUT2D eigenvalue weighted by molar-refractivity contribution is -0.384. The quantitative estimate of drug-likeness (QED) is 0.504. The van der Waals surface area contributed by atoms with Gasteiger partial charge in [0.1, 0.15) is 0 Å². The highest BCUT2D eigenvalue weighted by molar-refractivity contribution is 8.77. The smallest absolute Gasteiger partial charge is 0.269 e. The van der Waals surface area contributed by atoms with Gasteiger partial charge in [-0.2, -0.15) is 0 Å². The van der Waals surface area contributed by atoms with Crippen molar-refractivity contribution >= 4 is 27.3 Å². The van der Waals surface area contributed by atoms with Crippen LogP contribution < -0.4 is 0 Å². The van der Waals surface area contributed by atoms with E-state index in [0.717, 1.165) is 5.56 Å². The number of nitro benzene ring substituents is 1. The maximum Gasteiger partial charge on any atom is 0.269 e. The minimum absolute atomic E-state index is 0.0178. The molecule has 0 saturated carbocycles. The second-order valence-electron chi connectivity index (χ2n) is 4.50. The van der Waals surface area contributed by atoms with Gasteiger partial charge in [0.2, 0.25) is 0 Å². The van der Waals surface area contributed by atoms with Crippen molar-refractivity contribution in [3.63, 3.8) is 0 Å². The molecule has 106 valence electrons. The molecule has 19 heavy (non-hydrogen) atoms. The van der Waals surface area contributed by atoms with Gasteiger partial charge in [-0.1, -0.05) is 47.6 Å². The third-order valence-electron chi connectivity index (χ3n) is 2.80. The van der Waals surface area contributed by atoms with Crippen LogP contribution in [-0.4, -0.2) is 20.9 Å². The molecule has 1 aliphatic heterocycles. The lowest BCUT2D eigenvalue weighted by Crippen LogP contribution is -2.31. The summed E-state index contributed by atoms with van der Waals surface area (Å²) in [7, 11) is 3.28. The molecule has 1 fully saturated rings. The van der Waals surface area contributed by atoms with Gasteiger partial charge in [0.15, 0.2) is 0 Å². The van der Waals surface area contributed by atoms with Gasteiger partial charge in [-0.05, 0) is 19.4 Å². The van der Waals surface area contributed by atoms with Crippen molar-refractivity contribution in [3.05, 3.63) is 39.9 Å². The van der Waals surface area contributed by atoms with Gasteiger partial charge in [-0.25, -0.2) is 0 Å². The number of non-ortho nitro benzene ring substituents is 1. The minimum atomic E-state index is -0.445. The third-order valence-corrected chi connectivity index (χ3v) is 6.50. The Morgan fingerprint density at radius 1 is 1.26 bits per heavy atom. The number of aliphatic hydroxyl groups excluding tert-OH is 1. The Balaban J connectivity index is 0.000000861.